The van der Waals surface area contributed by atoms with Crippen LogP contribution in [0.3, 0.4) is 0 Å². The Kier molecular flexibility index (Phi) is 8.85. The van der Waals surface area contributed by atoms with Gasteiger partial charge in [0.15, 0.2) is 0 Å². The zero-order valence-electron chi connectivity index (χ0n) is 20.4. The van der Waals surface area contributed by atoms with Gasteiger partial charge in [0.05, 0.1) is 25.2 Å². The fraction of sp³-hybridized carbons (Fsp3) is 0.240. The molecule has 36 heavy (non-hydrogen) atoms. The van der Waals surface area contributed by atoms with Gasteiger partial charge >= 0.3 is 0 Å². The number of hydrogen-bond donors (Lipinski definition) is 3. The summed E-state index contributed by atoms with van der Waals surface area (Å²) in [5.74, 6) is 1.78. The summed E-state index contributed by atoms with van der Waals surface area (Å²) in [5, 5.41) is 9.11. The molecule has 0 unspecified atom stereocenters. The van der Waals surface area contributed by atoms with Crippen molar-refractivity contribution < 1.29 is 22.7 Å². The van der Waals surface area contributed by atoms with E-state index in [1.807, 2.05) is 19.1 Å². The number of carbonyl (C=O) groups is 1. The number of nitrogens with zero attached hydrogens (tertiary/aromatic N) is 2. The second kappa shape index (κ2) is 12.0. The first-order valence-electron chi connectivity index (χ1n) is 11.1. The molecule has 3 aromatic rings. The minimum absolute atomic E-state index is 0.0681. The Morgan fingerprint density at radius 1 is 1.14 bits per heavy atom. The normalized spacial score (nSPS) is 10.9. The summed E-state index contributed by atoms with van der Waals surface area (Å²) in [4.78, 5) is 20.5. The van der Waals surface area contributed by atoms with Crippen LogP contribution >= 0.6 is 0 Å². The van der Waals surface area contributed by atoms with Gasteiger partial charge in [0.2, 0.25) is 11.9 Å². The summed E-state index contributed by atoms with van der Waals surface area (Å²) in [6, 6.07) is 12.5. The highest BCUT2D eigenvalue weighted by Gasteiger charge is 2.11. The van der Waals surface area contributed by atoms with E-state index in [1.54, 1.807) is 36.5 Å². The number of aryl methyl sites for hydroxylation is 1. The lowest BCUT2D eigenvalue weighted by Crippen LogP contribution is -2.08. The standard InChI is InChI=1S/C25H29N5O5S/c1-5-23(31)27-18-8-6-9-19(14-18)28-24-17(2)16-26-25(30-24)29-21-11-10-20(15-22(21)34-3)35-12-7-13-36(4,32)33/h5-6,8-11,14-16H,1,7,12-13H2,2-4H3,(H,27,31)(H2,26,28,29,30). The van der Waals surface area contributed by atoms with Crippen LogP contribution in [-0.2, 0) is 14.6 Å². The van der Waals surface area contributed by atoms with Crippen molar-refractivity contribution in [3.05, 3.63) is 66.9 Å². The van der Waals surface area contributed by atoms with Gasteiger partial charge < -0.3 is 25.4 Å². The maximum Gasteiger partial charge on any atom is 0.247 e. The van der Waals surface area contributed by atoms with E-state index >= 15 is 0 Å². The Labute approximate surface area is 210 Å². The molecule has 1 aromatic heterocycles. The van der Waals surface area contributed by atoms with Crippen LogP contribution < -0.4 is 25.4 Å². The SMILES string of the molecule is C=CC(=O)Nc1cccc(Nc2nc(Nc3ccc(OCCCS(C)(=O)=O)cc3OC)ncc2C)c1. The second-order valence-electron chi connectivity index (χ2n) is 7.94. The first-order chi connectivity index (χ1) is 17.2. The summed E-state index contributed by atoms with van der Waals surface area (Å²) in [6.07, 6.45) is 4.49. The van der Waals surface area contributed by atoms with Crippen LogP contribution in [-0.4, -0.2) is 50.0 Å². The molecule has 3 N–H and O–H groups in total. The minimum atomic E-state index is -3.02. The molecule has 0 aliphatic carbocycles. The number of carbonyl (C=O) groups excluding carboxylic acids is 1. The molecule has 190 valence electrons. The summed E-state index contributed by atoms with van der Waals surface area (Å²) in [6.45, 7) is 5.61. The Morgan fingerprint density at radius 3 is 2.64 bits per heavy atom. The maximum atomic E-state index is 11.6. The number of sulfone groups is 1. The highest BCUT2D eigenvalue weighted by atomic mass is 32.2. The van der Waals surface area contributed by atoms with Crippen LogP contribution in [0.5, 0.6) is 11.5 Å². The average Bonchev–Trinajstić information content (AvgIpc) is 2.84. The zero-order chi connectivity index (χ0) is 26.1. The van der Waals surface area contributed by atoms with Crippen molar-refractivity contribution in [2.75, 3.05) is 41.7 Å². The third-order valence-electron chi connectivity index (χ3n) is 4.90. The van der Waals surface area contributed by atoms with Crippen LogP contribution in [0, 0.1) is 6.92 Å². The summed E-state index contributed by atoms with van der Waals surface area (Å²) in [7, 11) is -1.48. The van der Waals surface area contributed by atoms with Gasteiger partial charge in [0, 0.05) is 35.5 Å². The van der Waals surface area contributed by atoms with Crippen molar-refractivity contribution in [3.8, 4) is 11.5 Å². The van der Waals surface area contributed by atoms with E-state index in [2.05, 4.69) is 32.5 Å². The quantitative estimate of drug-likeness (QED) is 0.242. The molecule has 1 amide bonds. The number of anilines is 5. The topological polar surface area (TPSA) is 132 Å². The van der Waals surface area contributed by atoms with E-state index in [-0.39, 0.29) is 18.3 Å². The Bertz CT molecular complexity index is 1340. The lowest BCUT2D eigenvalue weighted by molar-refractivity contribution is -0.111. The third kappa shape index (κ3) is 7.98. The molecule has 1 heterocycles. The lowest BCUT2D eigenvalue weighted by atomic mass is 10.2. The van der Waals surface area contributed by atoms with Crippen molar-refractivity contribution in [1.82, 2.24) is 9.97 Å². The van der Waals surface area contributed by atoms with Crippen LogP contribution in [0.1, 0.15) is 12.0 Å². The van der Waals surface area contributed by atoms with Gasteiger partial charge in [-0.25, -0.2) is 13.4 Å². The zero-order valence-corrected chi connectivity index (χ0v) is 21.2. The van der Waals surface area contributed by atoms with Crippen LogP contribution in [0.2, 0.25) is 0 Å². The average molecular weight is 512 g/mol. The predicted molar refractivity (Wildman–Crippen MR) is 141 cm³/mol. The molecule has 0 radical (unpaired) electrons. The molecule has 0 saturated carbocycles. The molecule has 0 fully saturated rings. The molecule has 3 rings (SSSR count). The number of ether oxygens (including phenoxy) is 2. The number of aromatic nitrogens is 2. The number of benzene rings is 2. The molecule has 0 aliphatic rings. The van der Waals surface area contributed by atoms with E-state index in [9.17, 15) is 13.2 Å². The molecule has 0 atom stereocenters. The first kappa shape index (κ1) is 26.5. The molecule has 0 saturated heterocycles. The largest absolute Gasteiger partial charge is 0.494 e. The molecular formula is C25H29N5O5S. The molecular weight excluding hydrogens is 482 g/mol. The first-order valence-corrected chi connectivity index (χ1v) is 13.1. The lowest BCUT2D eigenvalue weighted by Gasteiger charge is -2.14. The fourth-order valence-corrected chi connectivity index (χ4v) is 3.77. The number of hydrogen-bond acceptors (Lipinski definition) is 9. The Morgan fingerprint density at radius 2 is 1.92 bits per heavy atom. The van der Waals surface area contributed by atoms with Crippen molar-refractivity contribution in [2.24, 2.45) is 0 Å². The predicted octanol–water partition coefficient (Wildman–Crippen LogP) is 4.22. The smallest absolute Gasteiger partial charge is 0.247 e. The van der Waals surface area contributed by atoms with Gasteiger partial charge in [-0.15, -0.1) is 0 Å². The monoisotopic (exact) mass is 511 g/mol. The van der Waals surface area contributed by atoms with Gasteiger partial charge in [-0.2, -0.15) is 4.98 Å². The molecule has 10 nitrogen and oxygen atoms in total. The summed E-state index contributed by atoms with van der Waals surface area (Å²) >= 11 is 0. The Hall–Kier alpha value is -4.12. The van der Waals surface area contributed by atoms with Gasteiger partial charge in [-0.1, -0.05) is 12.6 Å². The van der Waals surface area contributed by atoms with Gasteiger partial charge in [0.1, 0.15) is 27.2 Å². The van der Waals surface area contributed by atoms with Crippen molar-refractivity contribution in [1.29, 1.82) is 0 Å². The summed E-state index contributed by atoms with van der Waals surface area (Å²) < 4.78 is 33.6. The number of rotatable bonds is 12. The van der Waals surface area contributed by atoms with E-state index in [1.165, 1.54) is 19.4 Å². The van der Waals surface area contributed by atoms with E-state index in [4.69, 9.17) is 9.47 Å². The highest BCUT2D eigenvalue weighted by Crippen LogP contribution is 2.31. The number of nitrogens with one attached hydrogen (secondary N) is 3. The fourth-order valence-electron chi connectivity index (χ4n) is 3.13. The van der Waals surface area contributed by atoms with Gasteiger partial charge in [-0.3, -0.25) is 4.79 Å². The van der Waals surface area contributed by atoms with Gasteiger partial charge in [-0.05, 0) is 49.8 Å². The third-order valence-corrected chi connectivity index (χ3v) is 5.93. The van der Waals surface area contributed by atoms with E-state index < -0.39 is 9.84 Å². The van der Waals surface area contributed by atoms with E-state index in [0.717, 1.165) is 11.3 Å². The number of amides is 1. The van der Waals surface area contributed by atoms with Crippen LogP contribution in [0.4, 0.5) is 28.8 Å². The van der Waals surface area contributed by atoms with Gasteiger partial charge in [0.25, 0.3) is 0 Å². The minimum Gasteiger partial charge on any atom is -0.494 e. The molecule has 0 bridgehead atoms. The van der Waals surface area contributed by atoms with Crippen molar-refractivity contribution in [2.45, 2.75) is 13.3 Å². The second-order valence-corrected chi connectivity index (χ2v) is 10.2. The number of methoxy groups -OCH3 is 1. The summed E-state index contributed by atoms with van der Waals surface area (Å²) in [5.41, 5.74) is 2.81. The van der Waals surface area contributed by atoms with Crippen molar-refractivity contribution in [3.63, 3.8) is 0 Å². The molecule has 11 heteroatoms. The maximum absolute atomic E-state index is 11.6. The molecule has 0 aliphatic heterocycles. The molecule has 2 aromatic carbocycles. The molecule has 0 spiro atoms. The van der Waals surface area contributed by atoms with Crippen LogP contribution in [0.25, 0.3) is 0 Å². The van der Waals surface area contributed by atoms with E-state index in [0.29, 0.717) is 41.1 Å². The van der Waals surface area contributed by atoms with Crippen molar-refractivity contribution >= 4 is 44.6 Å². The van der Waals surface area contributed by atoms with Crippen LogP contribution in [0.15, 0.2) is 61.3 Å². The highest BCUT2D eigenvalue weighted by molar-refractivity contribution is 7.90. The Balaban J connectivity index is 1.71.